The van der Waals surface area contributed by atoms with Crippen LogP contribution in [-0.4, -0.2) is 55.1 Å². The van der Waals surface area contributed by atoms with Crippen molar-refractivity contribution in [1.29, 1.82) is 5.26 Å². The number of likely N-dealkylation sites (N-methyl/N-ethyl adjacent to an activating group) is 1. The van der Waals surface area contributed by atoms with Crippen LogP contribution in [0.1, 0.15) is 18.9 Å². The van der Waals surface area contributed by atoms with E-state index in [1.54, 1.807) is 12.3 Å². The molecule has 21 heavy (non-hydrogen) atoms. The van der Waals surface area contributed by atoms with E-state index in [4.69, 9.17) is 5.26 Å². The maximum absolute atomic E-state index is 11.6. The lowest BCUT2D eigenvalue weighted by Crippen LogP contribution is -2.39. The number of nitriles is 1. The Labute approximate surface area is 125 Å². The van der Waals surface area contributed by atoms with Crippen molar-refractivity contribution in [2.45, 2.75) is 13.3 Å². The van der Waals surface area contributed by atoms with E-state index in [2.05, 4.69) is 26.2 Å². The lowest BCUT2D eigenvalue weighted by atomic mass is 10.3. The highest BCUT2D eigenvalue weighted by Gasteiger charge is 2.17. The molecule has 1 aliphatic rings. The van der Waals surface area contributed by atoms with Gasteiger partial charge in [-0.05, 0) is 25.5 Å². The van der Waals surface area contributed by atoms with Gasteiger partial charge in [0.25, 0.3) is 0 Å². The van der Waals surface area contributed by atoms with Crippen LogP contribution >= 0.6 is 0 Å². The second-order valence-electron chi connectivity index (χ2n) is 5.09. The highest BCUT2D eigenvalue weighted by Crippen LogP contribution is 2.14. The first-order valence-electron chi connectivity index (χ1n) is 7.33. The topological polar surface area (TPSA) is 72.3 Å². The molecule has 0 atom stereocenters. The molecule has 0 spiro atoms. The van der Waals surface area contributed by atoms with Crippen molar-refractivity contribution in [1.82, 2.24) is 15.2 Å². The third kappa shape index (κ3) is 4.43. The van der Waals surface area contributed by atoms with Gasteiger partial charge in [0.05, 0.1) is 12.1 Å². The molecule has 6 nitrogen and oxygen atoms in total. The number of nitrogens with zero attached hydrogens (tertiary/aromatic N) is 4. The molecule has 2 rings (SSSR count). The van der Waals surface area contributed by atoms with Crippen LogP contribution in [0.5, 0.6) is 0 Å². The summed E-state index contributed by atoms with van der Waals surface area (Å²) in [4.78, 5) is 20.4. The summed E-state index contributed by atoms with van der Waals surface area (Å²) in [5.41, 5.74) is 0.575. The summed E-state index contributed by atoms with van der Waals surface area (Å²) in [7, 11) is 0. The molecule has 1 aromatic rings. The Balaban J connectivity index is 1.91. The lowest BCUT2D eigenvalue weighted by molar-refractivity contribution is -0.122. The molecule has 0 bridgehead atoms. The molecule has 1 aromatic heterocycles. The fourth-order valence-corrected chi connectivity index (χ4v) is 2.45. The van der Waals surface area contributed by atoms with Crippen LogP contribution in [0.15, 0.2) is 18.3 Å². The molecule has 1 aliphatic heterocycles. The number of pyridine rings is 1. The summed E-state index contributed by atoms with van der Waals surface area (Å²) >= 11 is 0. The lowest BCUT2D eigenvalue weighted by Gasteiger charge is -2.22. The SMILES string of the molecule is CCNC(=O)CN1CCCN(c2ccc(C#N)cn2)CC1. The van der Waals surface area contributed by atoms with Crippen LogP contribution in [0.25, 0.3) is 0 Å². The third-order valence-electron chi connectivity index (χ3n) is 3.53. The summed E-state index contributed by atoms with van der Waals surface area (Å²) in [5.74, 6) is 0.983. The second-order valence-corrected chi connectivity index (χ2v) is 5.09. The minimum atomic E-state index is 0.0856. The minimum absolute atomic E-state index is 0.0856. The van der Waals surface area contributed by atoms with E-state index >= 15 is 0 Å². The summed E-state index contributed by atoms with van der Waals surface area (Å²) in [5, 5.41) is 11.6. The maximum atomic E-state index is 11.6. The number of carbonyl (C=O) groups is 1. The molecule has 1 N–H and O–H groups in total. The van der Waals surface area contributed by atoms with E-state index in [-0.39, 0.29) is 5.91 Å². The van der Waals surface area contributed by atoms with Crippen LogP contribution in [0.3, 0.4) is 0 Å². The number of aromatic nitrogens is 1. The normalized spacial score (nSPS) is 16.1. The number of hydrogen-bond acceptors (Lipinski definition) is 5. The molecule has 112 valence electrons. The van der Waals surface area contributed by atoms with Crippen molar-refractivity contribution < 1.29 is 4.79 Å². The first-order valence-corrected chi connectivity index (χ1v) is 7.33. The molecule has 0 aliphatic carbocycles. The van der Waals surface area contributed by atoms with Gasteiger partial charge in [0.2, 0.25) is 5.91 Å². The van der Waals surface area contributed by atoms with Gasteiger partial charge in [-0.15, -0.1) is 0 Å². The van der Waals surface area contributed by atoms with Crippen molar-refractivity contribution in [3.63, 3.8) is 0 Å². The predicted octanol–water partition coefficient (Wildman–Crippen LogP) is 0.601. The third-order valence-corrected chi connectivity index (χ3v) is 3.53. The number of carbonyl (C=O) groups excluding carboxylic acids is 1. The average molecular weight is 287 g/mol. The fourth-order valence-electron chi connectivity index (χ4n) is 2.45. The van der Waals surface area contributed by atoms with Gasteiger partial charge in [0.15, 0.2) is 0 Å². The van der Waals surface area contributed by atoms with Gasteiger partial charge in [-0.2, -0.15) is 5.26 Å². The summed E-state index contributed by atoms with van der Waals surface area (Å²) in [6.45, 7) is 6.60. The highest BCUT2D eigenvalue weighted by molar-refractivity contribution is 5.77. The average Bonchev–Trinajstić information content (AvgIpc) is 2.73. The van der Waals surface area contributed by atoms with E-state index in [0.29, 0.717) is 18.7 Å². The van der Waals surface area contributed by atoms with Gasteiger partial charge in [0.1, 0.15) is 11.9 Å². The molecule has 0 saturated carbocycles. The zero-order valence-electron chi connectivity index (χ0n) is 12.4. The van der Waals surface area contributed by atoms with E-state index in [1.807, 2.05) is 13.0 Å². The quantitative estimate of drug-likeness (QED) is 0.878. The molecule has 1 amide bonds. The molecular weight excluding hydrogens is 266 g/mol. The van der Waals surface area contributed by atoms with E-state index in [0.717, 1.165) is 38.4 Å². The monoisotopic (exact) mass is 287 g/mol. The zero-order chi connectivity index (χ0) is 15.1. The van der Waals surface area contributed by atoms with Crippen molar-refractivity contribution in [2.24, 2.45) is 0 Å². The Bertz CT molecular complexity index is 508. The Morgan fingerprint density at radius 1 is 1.38 bits per heavy atom. The highest BCUT2D eigenvalue weighted by atomic mass is 16.2. The molecule has 6 heteroatoms. The Hall–Kier alpha value is -2.13. The first-order chi connectivity index (χ1) is 10.2. The smallest absolute Gasteiger partial charge is 0.234 e. The Kier molecular flexibility index (Phi) is 5.52. The number of amides is 1. The van der Waals surface area contributed by atoms with E-state index in [1.165, 1.54) is 0 Å². The van der Waals surface area contributed by atoms with Gasteiger partial charge >= 0.3 is 0 Å². The molecule has 0 unspecified atom stereocenters. The predicted molar refractivity (Wildman–Crippen MR) is 80.9 cm³/mol. The molecule has 1 fully saturated rings. The van der Waals surface area contributed by atoms with Gasteiger partial charge in [-0.1, -0.05) is 0 Å². The largest absolute Gasteiger partial charge is 0.355 e. The van der Waals surface area contributed by atoms with E-state index < -0.39 is 0 Å². The maximum Gasteiger partial charge on any atom is 0.234 e. The first kappa shape index (κ1) is 15.3. The number of rotatable bonds is 4. The molecular formula is C15H21N5O. The molecule has 0 aromatic carbocycles. The van der Waals surface area contributed by atoms with Gasteiger partial charge < -0.3 is 10.2 Å². The zero-order valence-corrected chi connectivity index (χ0v) is 12.4. The molecule has 2 heterocycles. The van der Waals surface area contributed by atoms with Crippen LogP contribution in [-0.2, 0) is 4.79 Å². The summed E-state index contributed by atoms with van der Waals surface area (Å²) in [6.07, 6.45) is 2.60. The number of anilines is 1. The van der Waals surface area contributed by atoms with Crippen LogP contribution in [0.2, 0.25) is 0 Å². The summed E-state index contributed by atoms with van der Waals surface area (Å²) < 4.78 is 0. The number of nitrogens with one attached hydrogen (secondary N) is 1. The Morgan fingerprint density at radius 2 is 2.24 bits per heavy atom. The van der Waals surface area contributed by atoms with Crippen molar-refractivity contribution in [3.8, 4) is 6.07 Å². The van der Waals surface area contributed by atoms with Gasteiger partial charge in [-0.3, -0.25) is 9.69 Å². The Morgan fingerprint density at radius 3 is 2.90 bits per heavy atom. The van der Waals surface area contributed by atoms with Crippen LogP contribution < -0.4 is 10.2 Å². The van der Waals surface area contributed by atoms with Crippen molar-refractivity contribution >= 4 is 11.7 Å². The van der Waals surface area contributed by atoms with Gasteiger partial charge in [-0.25, -0.2) is 4.98 Å². The molecule has 0 radical (unpaired) electrons. The number of hydrogen-bond donors (Lipinski definition) is 1. The summed E-state index contributed by atoms with van der Waals surface area (Å²) in [6, 6.07) is 5.75. The fraction of sp³-hybridized carbons (Fsp3) is 0.533. The second kappa shape index (κ2) is 7.60. The molecule has 1 saturated heterocycles. The van der Waals surface area contributed by atoms with Gasteiger partial charge in [0, 0.05) is 38.9 Å². The minimum Gasteiger partial charge on any atom is -0.355 e. The standard InChI is InChI=1S/C15H21N5O/c1-2-17-15(21)12-19-6-3-7-20(9-8-19)14-5-4-13(10-16)11-18-14/h4-5,11H,2-3,6-9,12H2,1H3,(H,17,21). The van der Waals surface area contributed by atoms with Crippen LogP contribution in [0, 0.1) is 11.3 Å². The van der Waals surface area contributed by atoms with Crippen molar-refractivity contribution in [3.05, 3.63) is 23.9 Å². The van der Waals surface area contributed by atoms with Crippen LogP contribution in [0.4, 0.5) is 5.82 Å². The van der Waals surface area contributed by atoms with E-state index in [9.17, 15) is 4.79 Å². The van der Waals surface area contributed by atoms with Crippen molar-refractivity contribution in [2.75, 3.05) is 44.2 Å².